The van der Waals surface area contributed by atoms with Gasteiger partial charge in [0.1, 0.15) is 0 Å². The third-order valence-corrected chi connectivity index (χ3v) is 3.54. The van der Waals surface area contributed by atoms with E-state index in [0.717, 1.165) is 12.3 Å². The van der Waals surface area contributed by atoms with Gasteiger partial charge in [-0.1, -0.05) is 37.8 Å². The summed E-state index contributed by atoms with van der Waals surface area (Å²) in [4.78, 5) is 10.9. The van der Waals surface area contributed by atoms with Crippen LogP contribution < -0.4 is 5.73 Å². The largest absolute Gasteiger partial charge is 0.366 e. The van der Waals surface area contributed by atoms with Gasteiger partial charge in [0.25, 0.3) is 0 Å². The molecule has 0 radical (unpaired) electrons. The predicted octanol–water partition coefficient (Wildman–Crippen LogP) is 2.91. The number of carbonyl (C=O) groups excluding carboxylic acids is 1. The van der Waals surface area contributed by atoms with Crippen LogP contribution in [0.1, 0.15) is 48.0 Å². The average Bonchev–Trinajstić information content (AvgIpc) is 2.22. The Morgan fingerprint density at radius 3 is 2.44 bits per heavy atom. The van der Waals surface area contributed by atoms with Crippen molar-refractivity contribution in [2.45, 2.75) is 38.5 Å². The van der Waals surface area contributed by atoms with Crippen molar-refractivity contribution in [1.82, 2.24) is 0 Å². The van der Waals surface area contributed by atoms with Gasteiger partial charge in [-0.3, -0.25) is 4.79 Å². The van der Waals surface area contributed by atoms with Gasteiger partial charge in [-0.25, -0.2) is 0 Å². The van der Waals surface area contributed by atoms with Crippen LogP contribution in [0, 0.1) is 5.92 Å². The van der Waals surface area contributed by atoms with E-state index in [1.165, 1.54) is 37.7 Å². The number of hydrogen-bond acceptors (Lipinski definition) is 1. The molecule has 0 aliphatic heterocycles. The molecular weight excluding hydrogens is 198 g/mol. The fourth-order valence-corrected chi connectivity index (χ4v) is 2.21. The van der Waals surface area contributed by atoms with Crippen LogP contribution >= 0.6 is 0 Å². The van der Waals surface area contributed by atoms with E-state index >= 15 is 0 Å². The third kappa shape index (κ3) is 2.84. The lowest BCUT2D eigenvalue weighted by Gasteiger charge is -2.24. The second-order valence-corrected chi connectivity index (χ2v) is 4.75. The fraction of sp³-hybridized carbons (Fsp3) is 0.500. The lowest BCUT2D eigenvalue weighted by molar-refractivity contribution is 0.100. The normalized spacial score (nSPS) is 15.8. The lowest BCUT2D eigenvalue weighted by Crippen LogP contribution is -2.11. The molecule has 0 unspecified atom stereocenters. The Morgan fingerprint density at radius 1 is 1.25 bits per heavy atom. The molecular formula is C14H19NO. The monoisotopic (exact) mass is 217 g/mol. The highest BCUT2D eigenvalue weighted by Gasteiger charge is 2.16. The number of nitrogens with two attached hydrogens (primary N) is 1. The van der Waals surface area contributed by atoms with Gasteiger partial charge in [0.15, 0.2) is 0 Å². The summed E-state index contributed by atoms with van der Waals surface area (Å²) in [7, 11) is 0. The van der Waals surface area contributed by atoms with Crippen LogP contribution in [0.5, 0.6) is 0 Å². The maximum absolute atomic E-state index is 10.9. The minimum Gasteiger partial charge on any atom is -0.366 e. The van der Waals surface area contributed by atoms with Crippen LogP contribution in [-0.2, 0) is 6.42 Å². The van der Waals surface area contributed by atoms with E-state index in [1.807, 2.05) is 24.3 Å². The molecule has 1 aromatic rings. The minimum atomic E-state index is -0.346. The maximum Gasteiger partial charge on any atom is 0.248 e. The maximum atomic E-state index is 10.9. The molecule has 0 aromatic heterocycles. The highest BCUT2D eigenvalue weighted by molar-refractivity contribution is 5.92. The average molecular weight is 217 g/mol. The van der Waals surface area contributed by atoms with Gasteiger partial charge in [-0.05, 0) is 36.5 Å². The van der Waals surface area contributed by atoms with Gasteiger partial charge in [-0.15, -0.1) is 0 Å². The molecule has 2 nitrogen and oxygen atoms in total. The van der Waals surface area contributed by atoms with Gasteiger partial charge in [0, 0.05) is 5.56 Å². The summed E-state index contributed by atoms with van der Waals surface area (Å²) in [6.07, 6.45) is 8.03. The van der Waals surface area contributed by atoms with Crippen molar-refractivity contribution in [3.63, 3.8) is 0 Å². The van der Waals surface area contributed by atoms with Crippen LogP contribution in [-0.4, -0.2) is 5.91 Å². The standard InChI is InChI=1S/C14H19NO/c15-14(16)13-9-7-12(8-10-13)6-2-5-11-3-1-4-11/h7-11H,1-6H2,(H2,15,16). The van der Waals surface area contributed by atoms with Crippen molar-refractivity contribution >= 4 is 5.91 Å². The molecule has 86 valence electrons. The number of aryl methyl sites for hydroxylation is 1. The molecule has 2 rings (SSSR count). The van der Waals surface area contributed by atoms with E-state index < -0.39 is 0 Å². The molecule has 1 amide bonds. The van der Waals surface area contributed by atoms with Gasteiger partial charge in [-0.2, -0.15) is 0 Å². The summed E-state index contributed by atoms with van der Waals surface area (Å²) >= 11 is 0. The zero-order valence-corrected chi connectivity index (χ0v) is 9.61. The van der Waals surface area contributed by atoms with Crippen molar-refractivity contribution in [2.24, 2.45) is 11.7 Å². The summed E-state index contributed by atoms with van der Waals surface area (Å²) in [5, 5.41) is 0. The van der Waals surface area contributed by atoms with E-state index in [0.29, 0.717) is 5.56 Å². The van der Waals surface area contributed by atoms with Gasteiger partial charge in [0.05, 0.1) is 0 Å². The summed E-state index contributed by atoms with van der Waals surface area (Å²) in [6, 6.07) is 7.67. The van der Waals surface area contributed by atoms with E-state index in [4.69, 9.17) is 5.73 Å². The second kappa shape index (κ2) is 5.15. The van der Waals surface area contributed by atoms with Crippen molar-refractivity contribution in [3.05, 3.63) is 35.4 Å². The van der Waals surface area contributed by atoms with Crippen LogP contribution in [0.3, 0.4) is 0 Å². The Labute approximate surface area is 96.8 Å². The number of rotatable bonds is 5. The first-order valence-electron chi connectivity index (χ1n) is 6.14. The fourth-order valence-electron chi connectivity index (χ4n) is 2.21. The molecule has 0 bridgehead atoms. The molecule has 16 heavy (non-hydrogen) atoms. The molecule has 0 spiro atoms. The van der Waals surface area contributed by atoms with E-state index in [9.17, 15) is 4.79 Å². The highest BCUT2D eigenvalue weighted by Crippen LogP contribution is 2.30. The van der Waals surface area contributed by atoms with Crippen LogP contribution in [0.2, 0.25) is 0 Å². The molecule has 0 saturated heterocycles. The zero-order chi connectivity index (χ0) is 11.4. The van der Waals surface area contributed by atoms with E-state index in [1.54, 1.807) is 0 Å². The first-order chi connectivity index (χ1) is 7.75. The first kappa shape index (κ1) is 11.2. The molecule has 0 atom stereocenters. The van der Waals surface area contributed by atoms with Gasteiger partial charge >= 0.3 is 0 Å². The molecule has 2 N–H and O–H groups in total. The Balaban J connectivity index is 1.78. The molecule has 1 fully saturated rings. The van der Waals surface area contributed by atoms with Crippen LogP contribution in [0.4, 0.5) is 0 Å². The minimum absolute atomic E-state index is 0.346. The zero-order valence-electron chi connectivity index (χ0n) is 9.61. The third-order valence-electron chi connectivity index (χ3n) is 3.54. The van der Waals surface area contributed by atoms with Crippen LogP contribution in [0.25, 0.3) is 0 Å². The Hall–Kier alpha value is -1.31. The Kier molecular flexibility index (Phi) is 3.60. The van der Waals surface area contributed by atoms with Gasteiger partial charge < -0.3 is 5.73 Å². The highest BCUT2D eigenvalue weighted by atomic mass is 16.1. The summed E-state index contributed by atoms with van der Waals surface area (Å²) in [5.41, 5.74) is 7.10. The summed E-state index contributed by atoms with van der Waals surface area (Å²) in [6.45, 7) is 0. The van der Waals surface area contributed by atoms with E-state index in [-0.39, 0.29) is 5.91 Å². The number of amides is 1. The topological polar surface area (TPSA) is 43.1 Å². The number of hydrogen-bond donors (Lipinski definition) is 1. The Morgan fingerprint density at radius 2 is 1.94 bits per heavy atom. The second-order valence-electron chi connectivity index (χ2n) is 4.75. The van der Waals surface area contributed by atoms with Crippen LogP contribution in [0.15, 0.2) is 24.3 Å². The molecule has 1 aliphatic rings. The van der Waals surface area contributed by atoms with Crippen molar-refractivity contribution in [3.8, 4) is 0 Å². The summed E-state index contributed by atoms with van der Waals surface area (Å²) in [5.74, 6) is 0.644. The molecule has 0 heterocycles. The predicted molar refractivity (Wildman–Crippen MR) is 65.2 cm³/mol. The smallest absolute Gasteiger partial charge is 0.248 e. The van der Waals surface area contributed by atoms with Crippen molar-refractivity contribution in [1.29, 1.82) is 0 Å². The first-order valence-corrected chi connectivity index (χ1v) is 6.14. The van der Waals surface area contributed by atoms with Crippen molar-refractivity contribution < 1.29 is 4.79 Å². The quantitative estimate of drug-likeness (QED) is 0.809. The SMILES string of the molecule is NC(=O)c1ccc(CCCC2CCC2)cc1. The number of carbonyl (C=O) groups is 1. The lowest BCUT2D eigenvalue weighted by atomic mass is 9.81. The molecule has 1 aliphatic carbocycles. The Bertz CT molecular complexity index is 352. The molecule has 1 aromatic carbocycles. The molecule has 2 heteroatoms. The van der Waals surface area contributed by atoms with Gasteiger partial charge in [0.2, 0.25) is 5.91 Å². The van der Waals surface area contributed by atoms with E-state index in [2.05, 4.69) is 0 Å². The molecule has 1 saturated carbocycles. The summed E-state index contributed by atoms with van der Waals surface area (Å²) < 4.78 is 0. The number of benzene rings is 1. The number of primary amides is 1. The van der Waals surface area contributed by atoms with Crippen molar-refractivity contribution in [2.75, 3.05) is 0 Å².